The average Bonchev–Trinajstić information content (AvgIpc) is 3.05. The molecule has 1 aliphatic rings. The van der Waals surface area contributed by atoms with Crippen molar-refractivity contribution in [3.63, 3.8) is 0 Å². The topological polar surface area (TPSA) is 56.1 Å². The number of hydrogen-bond donors (Lipinski definition) is 1. The summed E-state index contributed by atoms with van der Waals surface area (Å²) in [7, 11) is 0. The molecule has 0 aromatic carbocycles. The number of carbonyl (C=O) groups is 1. The summed E-state index contributed by atoms with van der Waals surface area (Å²) in [6, 6.07) is 5.78. The van der Waals surface area contributed by atoms with E-state index in [0.29, 0.717) is 6.54 Å². The lowest BCUT2D eigenvalue weighted by Gasteiger charge is -2.17. The lowest BCUT2D eigenvalue weighted by atomic mass is 10.2. The zero-order valence-corrected chi connectivity index (χ0v) is 11.1. The first-order valence-electron chi connectivity index (χ1n) is 6.23. The van der Waals surface area contributed by atoms with Gasteiger partial charge in [-0.2, -0.15) is 5.26 Å². The van der Waals surface area contributed by atoms with Gasteiger partial charge in [0.05, 0.1) is 12.5 Å². The van der Waals surface area contributed by atoms with Gasteiger partial charge in [0.2, 0.25) is 5.91 Å². The van der Waals surface area contributed by atoms with Crippen LogP contribution in [-0.2, 0) is 11.3 Å². The fourth-order valence-corrected chi connectivity index (χ4v) is 2.73. The Labute approximate surface area is 111 Å². The Morgan fingerprint density at radius 2 is 2.33 bits per heavy atom. The molecule has 0 bridgehead atoms. The van der Waals surface area contributed by atoms with Crippen LogP contribution in [0.1, 0.15) is 24.1 Å². The number of hydrogen-bond acceptors (Lipinski definition) is 4. The van der Waals surface area contributed by atoms with E-state index in [0.717, 1.165) is 25.9 Å². The molecule has 0 saturated carbocycles. The third-order valence-corrected chi connectivity index (χ3v) is 3.97. The number of nitrogens with zero attached hydrogens (tertiary/aromatic N) is 2. The van der Waals surface area contributed by atoms with Crippen LogP contribution in [0.3, 0.4) is 0 Å². The van der Waals surface area contributed by atoms with E-state index in [2.05, 4.69) is 11.4 Å². The zero-order valence-electron chi connectivity index (χ0n) is 10.3. The molecule has 1 N–H and O–H groups in total. The Kier molecular flexibility index (Phi) is 4.73. The molecule has 1 fully saturated rings. The minimum absolute atomic E-state index is 0.0951. The monoisotopic (exact) mass is 263 g/mol. The van der Waals surface area contributed by atoms with Crippen molar-refractivity contribution in [3.8, 4) is 6.07 Å². The van der Waals surface area contributed by atoms with Gasteiger partial charge in [-0.15, -0.1) is 11.3 Å². The number of nitrogens with one attached hydrogen (secondary N) is 1. The molecule has 2 heterocycles. The lowest BCUT2D eigenvalue weighted by Crippen LogP contribution is -2.36. The highest BCUT2D eigenvalue weighted by molar-refractivity contribution is 7.09. The smallest absolute Gasteiger partial charge is 0.225 e. The van der Waals surface area contributed by atoms with Crippen molar-refractivity contribution in [1.29, 1.82) is 5.26 Å². The summed E-state index contributed by atoms with van der Waals surface area (Å²) < 4.78 is 0. The third kappa shape index (κ3) is 3.56. The fraction of sp³-hybridized carbons (Fsp3) is 0.538. The van der Waals surface area contributed by atoms with Crippen molar-refractivity contribution in [3.05, 3.63) is 22.4 Å². The van der Waals surface area contributed by atoms with Crippen molar-refractivity contribution in [2.75, 3.05) is 13.1 Å². The van der Waals surface area contributed by atoms with Crippen LogP contribution >= 0.6 is 11.3 Å². The van der Waals surface area contributed by atoms with Gasteiger partial charge in [0.15, 0.2) is 0 Å². The number of thiophene rings is 1. The molecule has 4 nitrogen and oxygen atoms in total. The molecule has 1 saturated heterocycles. The average molecular weight is 263 g/mol. The van der Waals surface area contributed by atoms with Gasteiger partial charge in [-0.05, 0) is 24.3 Å². The standard InChI is InChI=1S/C13H17N3OS/c14-9-11(15-10-12-4-3-7-18-12)8-13(17)16-5-1-2-6-16/h3-4,7,11,15H,1-2,5-6,8,10H2. The van der Waals surface area contributed by atoms with Gasteiger partial charge in [0, 0.05) is 24.5 Å². The van der Waals surface area contributed by atoms with Crippen molar-refractivity contribution < 1.29 is 4.79 Å². The Balaban J connectivity index is 1.78. The molecule has 1 aromatic rings. The second-order valence-electron chi connectivity index (χ2n) is 4.43. The van der Waals surface area contributed by atoms with E-state index in [-0.39, 0.29) is 18.4 Å². The van der Waals surface area contributed by atoms with Crippen molar-refractivity contribution in [1.82, 2.24) is 10.2 Å². The number of amides is 1. The largest absolute Gasteiger partial charge is 0.343 e. The molecule has 0 spiro atoms. The first-order valence-corrected chi connectivity index (χ1v) is 7.10. The summed E-state index contributed by atoms with van der Waals surface area (Å²) in [4.78, 5) is 15.0. The second kappa shape index (κ2) is 6.53. The van der Waals surface area contributed by atoms with Gasteiger partial charge in [-0.25, -0.2) is 0 Å². The number of likely N-dealkylation sites (tertiary alicyclic amines) is 1. The highest BCUT2D eigenvalue weighted by Gasteiger charge is 2.21. The van der Waals surface area contributed by atoms with Gasteiger partial charge in [0.25, 0.3) is 0 Å². The summed E-state index contributed by atoms with van der Waals surface area (Å²) in [5.74, 6) is 0.0951. The van der Waals surface area contributed by atoms with Crippen LogP contribution in [0.15, 0.2) is 17.5 Å². The summed E-state index contributed by atoms with van der Waals surface area (Å²) in [5, 5.41) is 14.2. The maximum Gasteiger partial charge on any atom is 0.225 e. The summed E-state index contributed by atoms with van der Waals surface area (Å²) >= 11 is 1.65. The van der Waals surface area contributed by atoms with Crippen LogP contribution in [0.25, 0.3) is 0 Å². The molecule has 18 heavy (non-hydrogen) atoms. The number of carbonyl (C=O) groups excluding carboxylic acids is 1. The summed E-state index contributed by atoms with van der Waals surface area (Å²) in [6.07, 6.45) is 2.46. The number of rotatable bonds is 5. The fourth-order valence-electron chi connectivity index (χ4n) is 2.07. The van der Waals surface area contributed by atoms with Crippen molar-refractivity contribution >= 4 is 17.2 Å². The third-order valence-electron chi connectivity index (χ3n) is 3.10. The Morgan fingerprint density at radius 1 is 1.56 bits per heavy atom. The van der Waals surface area contributed by atoms with Gasteiger partial charge in [0.1, 0.15) is 6.04 Å². The molecule has 96 valence electrons. The molecular formula is C13H17N3OS. The van der Waals surface area contributed by atoms with Gasteiger partial charge < -0.3 is 4.90 Å². The Morgan fingerprint density at radius 3 is 2.94 bits per heavy atom. The zero-order chi connectivity index (χ0) is 12.8. The molecule has 1 unspecified atom stereocenters. The first-order chi connectivity index (χ1) is 8.79. The van der Waals surface area contributed by atoms with Crippen LogP contribution in [0.5, 0.6) is 0 Å². The van der Waals surface area contributed by atoms with Crippen LogP contribution < -0.4 is 5.32 Å². The van der Waals surface area contributed by atoms with E-state index in [9.17, 15) is 4.79 Å². The molecule has 0 aliphatic carbocycles. The summed E-state index contributed by atoms with van der Waals surface area (Å²) in [5.41, 5.74) is 0. The minimum Gasteiger partial charge on any atom is -0.343 e. The van der Waals surface area contributed by atoms with E-state index in [1.165, 1.54) is 4.88 Å². The minimum atomic E-state index is -0.389. The van der Waals surface area contributed by atoms with E-state index < -0.39 is 0 Å². The van der Waals surface area contributed by atoms with E-state index >= 15 is 0 Å². The van der Waals surface area contributed by atoms with Crippen LogP contribution in [-0.4, -0.2) is 29.9 Å². The van der Waals surface area contributed by atoms with E-state index in [1.807, 2.05) is 22.4 Å². The SMILES string of the molecule is N#CC(CC(=O)N1CCCC1)NCc1cccs1. The normalized spacial score (nSPS) is 16.5. The lowest BCUT2D eigenvalue weighted by molar-refractivity contribution is -0.130. The van der Waals surface area contributed by atoms with Gasteiger partial charge in [-0.1, -0.05) is 6.07 Å². The Hall–Kier alpha value is -1.38. The van der Waals surface area contributed by atoms with Crippen LogP contribution in [0.4, 0.5) is 0 Å². The second-order valence-corrected chi connectivity index (χ2v) is 5.47. The first kappa shape index (κ1) is 13.1. The highest BCUT2D eigenvalue weighted by Crippen LogP contribution is 2.11. The maximum atomic E-state index is 11.9. The molecule has 0 radical (unpaired) electrons. The molecule has 2 rings (SSSR count). The van der Waals surface area contributed by atoms with Crippen molar-refractivity contribution in [2.24, 2.45) is 0 Å². The predicted octanol–water partition coefficient (Wildman–Crippen LogP) is 1.74. The van der Waals surface area contributed by atoms with Crippen LogP contribution in [0.2, 0.25) is 0 Å². The molecule has 1 aromatic heterocycles. The highest BCUT2D eigenvalue weighted by atomic mass is 32.1. The van der Waals surface area contributed by atoms with Gasteiger partial charge in [-0.3, -0.25) is 10.1 Å². The molecule has 5 heteroatoms. The molecule has 1 atom stereocenters. The van der Waals surface area contributed by atoms with Gasteiger partial charge >= 0.3 is 0 Å². The Bertz CT molecular complexity index is 418. The quantitative estimate of drug-likeness (QED) is 0.880. The predicted molar refractivity (Wildman–Crippen MR) is 71.0 cm³/mol. The molecular weight excluding hydrogens is 246 g/mol. The van der Waals surface area contributed by atoms with Crippen molar-refractivity contribution in [2.45, 2.75) is 31.8 Å². The maximum absolute atomic E-state index is 11.9. The van der Waals surface area contributed by atoms with E-state index in [1.54, 1.807) is 11.3 Å². The number of nitriles is 1. The molecule has 1 amide bonds. The summed E-state index contributed by atoms with van der Waals surface area (Å²) in [6.45, 7) is 2.35. The molecule has 1 aliphatic heterocycles. The van der Waals surface area contributed by atoms with E-state index in [4.69, 9.17) is 5.26 Å². The van der Waals surface area contributed by atoms with Crippen LogP contribution in [0, 0.1) is 11.3 Å².